The van der Waals surface area contributed by atoms with Gasteiger partial charge in [-0.05, 0) is 18.2 Å². The number of hydrogen-bond donors (Lipinski definition) is 1. The van der Waals surface area contributed by atoms with Crippen LogP contribution in [0.2, 0.25) is 0 Å². The van der Waals surface area contributed by atoms with Gasteiger partial charge >= 0.3 is 0 Å². The Labute approximate surface area is 98.9 Å². The SMILES string of the molecule is S=Cc1cccc2c1Nc1ccccc1O2. The van der Waals surface area contributed by atoms with Gasteiger partial charge in [-0.3, -0.25) is 0 Å². The van der Waals surface area contributed by atoms with Gasteiger partial charge in [0.25, 0.3) is 0 Å². The molecule has 0 amide bonds. The first-order chi connectivity index (χ1) is 7.88. The van der Waals surface area contributed by atoms with E-state index in [0.717, 1.165) is 28.4 Å². The lowest BCUT2D eigenvalue weighted by Gasteiger charge is -2.22. The number of benzene rings is 2. The van der Waals surface area contributed by atoms with Gasteiger partial charge in [-0.25, -0.2) is 0 Å². The molecule has 0 bridgehead atoms. The maximum Gasteiger partial charge on any atom is 0.151 e. The topological polar surface area (TPSA) is 21.3 Å². The van der Waals surface area contributed by atoms with Gasteiger partial charge < -0.3 is 10.1 Å². The molecule has 0 radical (unpaired) electrons. The van der Waals surface area contributed by atoms with E-state index >= 15 is 0 Å². The van der Waals surface area contributed by atoms with Crippen LogP contribution in [0.5, 0.6) is 11.5 Å². The molecule has 16 heavy (non-hydrogen) atoms. The highest BCUT2D eigenvalue weighted by Crippen LogP contribution is 2.42. The van der Waals surface area contributed by atoms with Crippen LogP contribution >= 0.6 is 12.2 Å². The molecule has 0 spiro atoms. The Morgan fingerprint density at radius 2 is 1.81 bits per heavy atom. The molecule has 2 nitrogen and oxygen atoms in total. The summed E-state index contributed by atoms with van der Waals surface area (Å²) in [6.45, 7) is 0. The molecule has 1 N–H and O–H groups in total. The summed E-state index contributed by atoms with van der Waals surface area (Å²) in [6.07, 6.45) is 0. The zero-order valence-electron chi connectivity index (χ0n) is 8.44. The van der Waals surface area contributed by atoms with Crippen molar-refractivity contribution in [1.82, 2.24) is 0 Å². The lowest BCUT2D eigenvalue weighted by atomic mass is 10.1. The van der Waals surface area contributed by atoms with Crippen LogP contribution < -0.4 is 10.1 Å². The molecular formula is C13H9NOS. The smallest absolute Gasteiger partial charge is 0.151 e. The van der Waals surface area contributed by atoms with E-state index in [2.05, 4.69) is 5.32 Å². The molecule has 0 saturated carbocycles. The van der Waals surface area contributed by atoms with E-state index in [0.29, 0.717) is 0 Å². The molecule has 2 aromatic carbocycles. The van der Waals surface area contributed by atoms with Crippen LogP contribution in [0.4, 0.5) is 11.4 Å². The molecule has 0 aliphatic carbocycles. The summed E-state index contributed by atoms with van der Waals surface area (Å²) in [6, 6.07) is 13.7. The van der Waals surface area contributed by atoms with Gasteiger partial charge in [-0.15, -0.1) is 0 Å². The number of thiocarbonyl (C=S) groups is 1. The van der Waals surface area contributed by atoms with Crippen LogP contribution in [-0.2, 0) is 0 Å². The minimum Gasteiger partial charge on any atom is -0.453 e. The van der Waals surface area contributed by atoms with Crippen molar-refractivity contribution in [3.8, 4) is 11.5 Å². The second-order valence-corrected chi connectivity index (χ2v) is 3.80. The first-order valence-electron chi connectivity index (χ1n) is 5.00. The van der Waals surface area contributed by atoms with E-state index in [9.17, 15) is 0 Å². The van der Waals surface area contributed by atoms with E-state index < -0.39 is 0 Å². The molecule has 0 unspecified atom stereocenters. The van der Waals surface area contributed by atoms with Crippen molar-refractivity contribution >= 4 is 29.0 Å². The van der Waals surface area contributed by atoms with E-state index in [1.807, 2.05) is 42.5 Å². The summed E-state index contributed by atoms with van der Waals surface area (Å²) in [5.74, 6) is 1.66. The average molecular weight is 227 g/mol. The fourth-order valence-corrected chi connectivity index (χ4v) is 1.97. The number of anilines is 2. The fraction of sp³-hybridized carbons (Fsp3) is 0. The number of para-hydroxylation sites is 3. The normalized spacial score (nSPS) is 11.8. The Morgan fingerprint density at radius 1 is 1.00 bits per heavy atom. The van der Waals surface area contributed by atoms with Crippen molar-refractivity contribution in [1.29, 1.82) is 0 Å². The number of ether oxygens (including phenoxy) is 1. The summed E-state index contributed by atoms with van der Waals surface area (Å²) in [5, 5.41) is 4.99. The number of fused-ring (bicyclic) bond motifs is 2. The summed E-state index contributed by atoms with van der Waals surface area (Å²) in [5.41, 5.74) is 2.89. The third-order valence-corrected chi connectivity index (χ3v) is 2.81. The van der Waals surface area contributed by atoms with Gasteiger partial charge in [-0.2, -0.15) is 0 Å². The van der Waals surface area contributed by atoms with Gasteiger partial charge in [0.2, 0.25) is 0 Å². The first kappa shape index (κ1) is 9.36. The van der Waals surface area contributed by atoms with Crippen LogP contribution in [0.25, 0.3) is 0 Å². The lowest BCUT2D eigenvalue weighted by Crippen LogP contribution is -2.04. The Balaban J connectivity index is 2.15. The van der Waals surface area contributed by atoms with Crippen molar-refractivity contribution in [2.75, 3.05) is 5.32 Å². The zero-order chi connectivity index (χ0) is 11.0. The third-order valence-electron chi connectivity index (χ3n) is 2.55. The van der Waals surface area contributed by atoms with Gasteiger partial charge in [0.1, 0.15) is 0 Å². The van der Waals surface area contributed by atoms with Crippen molar-refractivity contribution < 1.29 is 4.74 Å². The molecule has 0 atom stereocenters. The molecule has 0 fully saturated rings. The molecular weight excluding hydrogens is 218 g/mol. The Bertz CT molecular complexity index is 566. The Kier molecular flexibility index (Phi) is 2.11. The number of rotatable bonds is 1. The number of hydrogen-bond acceptors (Lipinski definition) is 3. The highest BCUT2D eigenvalue weighted by atomic mass is 32.1. The van der Waals surface area contributed by atoms with Crippen molar-refractivity contribution in [3.05, 3.63) is 48.0 Å². The molecule has 0 aromatic heterocycles. The van der Waals surface area contributed by atoms with E-state index in [1.54, 1.807) is 5.37 Å². The highest BCUT2D eigenvalue weighted by Gasteiger charge is 2.17. The molecule has 1 heterocycles. The zero-order valence-corrected chi connectivity index (χ0v) is 9.25. The van der Waals surface area contributed by atoms with Crippen molar-refractivity contribution in [2.45, 2.75) is 0 Å². The second kappa shape index (κ2) is 3.61. The first-order valence-corrected chi connectivity index (χ1v) is 5.48. The largest absolute Gasteiger partial charge is 0.453 e. The maximum atomic E-state index is 5.79. The molecule has 0 saturated heterocycles. The van der Waals surface area contributed by atoms with Crippen LogP contribution in [0, 0.1) is 0 Å². The third kappa shape index (κ3) is 1.37. The van der Waals surface area contributed by atoms with Crippen molar-refractivity contribution in [3.63, 3.8) is 0 Å². The van der Waals surface area contributed by atoms with Crippen molar-refractivity contribution in [2.24, 2.45) is 0 Å². The molecule has 1 aliphatic rings. The molecule has 2 aromatic rings. The summed E-state index contributed by atoms with van der Waals surface area (Å²) < 4.78 is 5.79. The number of nitrogens with one attached hydrogen (secondary N) is 1. The van der Waals surface area contributed by atoms with Gasteiger partial charge in [0.05, 0.1) is 11.4 Å². The maximum absolute atomic E-state index is 5.79. The molecule has 1 aliphatic heterocycles. The van der Waals surface area contributed by atoms with E-state index in [-0.39, 0.29) is 0 Å². The predicted molar refractivity (Wildman–Crippen MR) is 69.0 cm³/mol. The minimum absolute atomic E-state index is 0.817. The van der Waals surface area contributed by atoms with Gasteiger partial charge in [-0.1, -0.05) is 36.5 Å². The van der Waals surface area contributed by atoms with Gasteiger partial charge in [0.15, 0.2) is 11.5 Å². The second-order valence-electron chi connectivity index (χ2n) is 3.56. The summed E-state index contributed by atoms with van der Waals surface area (Å²) in [7, 11) is 0. The van der Waals surface area contributed by atoms with E-state index in [1.165, 1.54) is 0 Å². The van der Waals surface area contributed by atoms with Crippen LogP contribution in [0.15, 0.2) is 42.5 Å². The highest BCUT2D eigenvalue weighted by molar-refractivity contribution is 7.79. The van der Waals surface area contributed by atoms with Gasteiger partial charge in [0, 0.05) is 10.9 Å². The molecule has 3 heteroatoms. The Morgan fingerprint density at radius 3 is 2.69 bits per heavy atom. The summed E-state index contributed by atoms with van der Waals surface area (Å²) >= 11 is 4.98. The monoisotopic (exact) mass is 227 g/mol. The van der Waals surface area contributed by atoms with E-state index in [4.69, 9.17) is 17.0 Å². The minimum atomic E-state index is 0.817. The quantitative estimate of drug-likeness (QED) is 0.637. The Hall–Kier alpha value is -1.87. The fourth-order valence-electron chi connectivity index (χ4n) is 1.78. The lowest BCUT2D eigenvalue weighted by molar-refractivity contribution is 0.481. The summed E-state index contributed by atoms with van der Waals surface area (Å²) in [4.78, 5) is 0. The predicted octanol–water partition coefficient (Wildman–Crippen LogP) is 3.88. The standard InChI is InChI=1S/C13H9NOS/c16-8-9-4-3-7-12-13(9)14-10-5-1-2-6-11(10)15-12/h1-8,14H. The van der Waals surface area contributed by atoms with Crippen LogP contribution in [-0.4, -0.2) is 5.37 Å². The van der Waals surface area contributed by atoms with Crippen LogP contribution in [0.3, 0.4) is 0 Å². The average Bonchev–Trinajstić information content (AvgIpc) is 2.35. The van der Waals surface area contributed by atoms with Crippen LogP contribution in [0.1, 0.15) is 5.56 Å². The molecule has 3 rings (SSSR count). The molecule has 78 valence electrons.